The van der Waals surface area contributed by atoms with Crippen LogP contribution in [-0.4, -0.2) is 26.1 Å². The summed E-state index contributed by atoms with van der Waals surface area (Å²) in [4.78, 5) is 13.8. The van der Waals surface area contributed by atoms with E-state index >= 15 is 0 Å². The number of tetrazole rings is 1. The summed E-state index contributed by atoms with van der Waals surface area (Å²) in [5.74, 6) is 0.403. The van der Waals surface area contributed by atoms with Crippen LogP contribution in [0.2, 0.25) is 0 Å². The van der Waals surface area contributed by atoms with Crippen LogP contribution in [-0.2, 0) is 17.8 Å². The van der Waals surface area contributed by atoms with Crippen LogP contribution in [0.25, 0.3) is 11.4 Å². The van der Waals surface area contributed by atoms with Gasteiger partial charge in [0.2, 0.25) is 11.7 Å². The van der Waals surface area contributed by atoms with Crippen molar-refractivity contribution in [2.24, 2.45) is 0 Å². The van der Waals surface area contributed by atoms with Gasteiger partial charge >= 0.3 is 0 Å². The highest BCUT2D eigenvalue weighted by Gasteiger charge is 2.21. The Balaban J connectivity index is 1.42. The number of carbonyl (C=O) groups is 1. The number of aromatic nitrogens is 4. The predicted molar refractivity (Wildman–Crippen MR) is 101 cm³/mol. The minimum Gasteiger partial charge on any atom is -0.348 e. The molecule has 0 spiro atoms. The summed E-state index contributed by atoms with van der Waals surface area (Å²) >= 11 is 3.40. The van der Waals surface area contributed by atoms with Gasteiger partial charge in [-0.25, -0.2) is 0 Å². The maximum Gasteiger partial charge on any atom is 0.244 e. The van der Waals surface area contributed by atoms with E-state index in [1.165, 1.54) is 15.9 Å². The molecule has 0 radical (unpaired) electrons. The lowest BCUT2D eigenvalue weighted by atomic mass is 9.88. The lowest BCUT2D eigenvalue weighted by Gasteiger charge is -2.26. The van der Waals surface area contributed by atoms with Crippen LogP contribution in [0.4, 0.5) is 0 Å². The molecule has 1 amide bonds. The van der Waals surface area contributed by atoms with Gasteiger partial charge in [-0.1, -0.05) is 40.2 Å². The van der Waals surface area contributed by atoms with Crippen molar-refractivity contribution in [2.45, 2.75) is 31.8 Å². The molecule has 0 fully saturated rings. The Morgan fingerprint density at radius 3 is 2.85 bits per heavy atom. The number of carbonyl (C=O) groups excluding carboxylic acids is 1. The second-order valence-corrected chi connectivity index (χ2v) is 7.28. The number of rotatable bonds is 4. The lowest BCUT2D eigenvalue weighted by Crippen LogP contribution is -2.34. The van der Waals surface area contributed by atoms with Crippen molar-refractivity contribution >= 4 is 21.8 Å². The molecule has 4 rings (SSSR count). The van der Waals surface area contributed by atoms with Crippen molar-refractivity contribution in [3.8, 4) is 11.4 Å². The molecule has 132 valence electrons. The molecule has 26 heavy (non-hydrogen) atoms. The van der Waals surface area contributed by atoms with Gasteiger partial charge in [0.1, 0.15) is 6.54 Å². The smallest absolute Gasteiger partial charge is 0.244 e. The molecule has 1 N–H and O–H groups in total. The van der Waals surface area contributed by atoms with Crippen LogP contribution in [0.1, 0.15) is 30.0 Å². The van der Waals surface area contributed by atoms with Crippen LogP contribution in [0, 0.1) is 0 Å². The van der Waals surface area contributed by atoms with E-state index in [0.29, 0.717) is 5.82 Å². The molecule has 1 aromatic heterocycles. The molecule has 1 aliphatic carbocycles. The predicted octanol–water partition coefficient (Wildman–Crippen LogP) is 3.30. The first-order chi connectivity index (χ1) is 12.7. The summed E-state index contributed by atoms with van der Waals surface area (Å²) in [7, 11) is 0. The topological polar surface area (TPSA) is 72.7 Å². The number of amides is 1. The molecule has 1 aliphatic rings. The van der Waals surface area contributed by atoms with Gasteiger partial charge in [-0.3, -0.25) is 4.79 Å². The second kappa shape index (κ2) is 7.37. The number of fused-ring (bicyclic) bond motifs is 1. The fourth-order valence-corrected chi connectivity index (χ4v) is 3.56. The van der Waals surface area contributed by atoms with Gasteiger partial charge in [0.05, 0.1) is 6.04 Å². The maximum atomic E-state index is 12.4. The van der Waals surface area contributed by atoms with E-state index in [9.17, 15) is 4.79 Å². The molecule has 2 aromatic carbocycles. The third kappa shape index (κ3) is 3.67. The highest BCUT2D eigenvalue weighted by atomic mass is 79.9. The number of hydrogen-bond donors (Lipinski definition) is 1. The molecule has 1 atom stereocenters. The fraction of sp³-hybridized carbons (Fsp3) is 0.263. The number of aryl methyl sites for hydroxylation is 1. The SMILES string of the molecule is O=C(Cn1nnc(-c2ccc(Br)cc2)n1)N[C@H]1CCCc2ccccc21. The second-order valence-electron chi connectivity index (χ2n) is 6.36. The molecule has 0 unspecified atom stereocenters. The molecule has 0 saturated heterocycles. The van der Waals surface area contributed by atoms with Crippen LogP contribution in [0.5, 0.6) is 0 Å². The van der Waals surface area contributed by atoms with Gasteiger partial charge in [0.15, 0.2) is 0 Å². The molecular formula is C19H18BrN5O. The summed E-state index contributed by atoms with van der Waals surface area (Å²) in [6.45, 7) is 0.0577. The van der Waals surface area contributed by atoms with Crippen molar-refractivity contribution in [1.29, 1.82) is 0 Å². The zero-order chi connectivity index (χ0) is 17.9. The van der Waals surface area contributed by atoms with Crippen molar-refractivity contribution in [2.75, 3.05) is 0 Å². The lowest BCUT2D eigenvalue weighted by molar-refractivity contribution is -0.122. The first-order valence-corrected chi connectivity index (χ1v) is 9.39. The van der Waals surface area contributed by atoms with Crippen molar-refractivity contribution in [1.82, 2.24) is 25.5 Å². The van der Waals surface area contributed by atoms with Gasteiger partial charge < -0.3 is 5.32 Å². The Morgan fingerprint density at radius 1 is 1.19 bits per heavy atom. The number of hydrogen-bond acceptors (Lipinski definition) is 4. The largest absolute Gasteiger partial charge is 0.348 e. The standard InChI is InChI=1S/C19H18BrN5O/c20-15-10-8-14(9-11-15)19-22-24-25(23-19)12-18(26)21-17-7-3-5-13-4-1-2-6-16(13)17/h1-2,4,6,8-11,17H,3,5,7,12H2,(H,21,26)/t17-/m0/s1. The highest BCUT2D eigenvalue weighted by Crippen LogP contribution is 2.29. The number of nitrogens with one attached hydrogen (secondary N) is 1. The molecule has 1 heterocycles. The maximum absolute atomic E-state index is 12.4. The van der Waals surface area contributed by atoms with E-state index < -0.39 is 0 Å². The van der Waals surface area contributed by atoms with Crippen molar-refractivity contribution in [3.05, 3.63) is 64.1 Å². The molecule has 6 nitrogen and oxygen atoms in total. The quantitative estimate of drug-likeness (QED) is 0.714. The van der Waals surface area contributed by atoms with Gasteiger partial charge in [0, 0.05) is 10.0 Å². The zero-order valence-electron chi connectivity index (χ0n) is 14.1. The van der Waals surface area contributed by atoms with Crippen LogP contribution >= 0.6 is 15.9 Å². The minimum atomic E-state index is -0.105. The summed E-state index contributed by atoms with van der Waals surface area (Å²) < 4.78 is 0.987. The van der Waals surface area contributed by atoms with Gasteiger partial charge in [0.25, 0.3) is 0 Å². The van der Waals surface area contributed by atoms with E-state index in [1.807, 2.05) is 36.4 Å². The normalized spacial score (nSPS) is 16.1. The van der Waals surface area contributed by atoms with Crippen molar-refractivity contribution < 1.29 is 4.79 Å². The average Bonchev–Trinajstić information content (AvgIpc) is 3.11. The van der Waals surface area contributed by atoms with Gasteiger partial charge in [-0.05, 0) is 59.9 Å². The van der Waals surface area contributed by atoms with E-state index in [2.05, 4.69) is 48.8 Å². The Kier molecular flexibility index (Phi) is 4.79. The molecule has 0 bridgehead atoms. The van der Waals surface area contributed by atoms with E-state index in [0.717, 1.165) is 29.3 Å². The molecule has 0 saturated carbocycles. The Labute approximate surface area is 159 Å². The first-order valence-electron chi connectivity index (χ1n) is 8.60. The third-order valence-electron chi connectivity index (χ3n) is 4.54. The summed E-state index contributed by atoms with van der Waals surface area (Å²) in [5.41, 5.74) is 3.40. The average molecular weight is 412 g/mol. The zero-order valence-corrected chi connectivity index (χ0v) is 15.7. The van der Waals surface area contributed by atoms with Crippen LogP contribution < -0.4 is 5.32 Å². The van der Waals surface area contributed by atoms with E-state index in [-0.39, 0.29) is 18.5 Å². The van der Waals surface area contributed by atoms with Crippen LogP contribution in [0.15, 0.2) is 53.0 Å². The molecule has 7 heteroatoms. The summed E-state index contributed by atoms with van der Waals surface area (Å²) in [5, 5.41) is 15.4. The molecular weight excluding hydrogens is 394 g/mol. The summed E-state index contributed by atoms with van der Waals surface area (Å²) in [6, 6.07) is 16.0. The first kappa shape index (κ1) is 16.9. The number of halogens is 1. The summed E-state index contributed by atoms with van der Waals surface area (Å²) in [6.07, 6.45) is 3.11. The Hall–Kier alpha value is -2.54. The Morgan fingerprint density at radius 2 is 2.00 bits per heavy atom. The van der Waals surface area contributed by atoms with E-state index in [4.69, 9.17) is 0 Å². The fourth-order valence-electron chi connectivity index (χ4n) is 3.30. The van der Waals surface area contributed by atoms with E-state index in [1.54, 1.807) is 0 Å². The number of benzene rings is 2. The monoisotopic (exact) mass is 411 g/mol. The highest BCUT2D eigenvalue weighted by molar-refractivity contribution is 9.10. The Bertz CT molecular complexity index is 922. The van der Waals surface area contributed by atoms with Crippen molar-refractivity contribution in [3.63, 3.8) is 0 Å². The van der Waals surface area contributed by atoms with Gasteiger partial charge in [-0.15, -0.1) is 10.2 Å². The van der Waals surface area contributed by atoms with Crippen LogP contribution in [0.3, 0.4) is 0 Å². The molecule has 3 aromatic rings. The number of nitrogens with zero attached hydrogens (tertiary/aromatic N) is 4. The van der Waals surface area contributed by atoms with Gasteiger partial charge in [-0.2, -0.15) is 4.80 Å². The minimum absolute atomic E-state index is 0.0573. The third-order valence-corrected chi connectivity index (χ3v) is 5.07. The molecule has 0 aliphatic heterocycles.